The van der Waals surface area contributed by atoms with Crippen LogP contribution >= 0.6 is 0 Å². The summed E-state index contributed by atoms with van der Waals surface area (Å²) in [6.07, 6.45) is 3.16. The first-order chi connectivity index (χ1) is 18.7. The van der Waals surface area contributed by atoms with Gasteiger partial charge in [0.2, 0.25) is 5.91 Å². The highest BCUT2D eigenvalue weighted by molar-refractivity contribution is 5.86. The highest BCUT2D eigenvalue weighted by Gasteiger charge is 2.35. The number of rotatable bonds is 10. The van der Waals surface area contributed by atoms with E-state index in [2.05, 4.69) is 17.4 Å². The molecule has 0 aliphatic heterocycles. The van der Waals surface area contributed by atoms with Gasteiger partial charge in [0.1, 0.15) is 24.0 Å². The summed E-state index contributed by atoms with van der Waals surface area (Å²) in [7, 11) is 1.64. The first-order valence-corrected chi connectivity index (χ1v) is 13.8. The smallest absolute Gasteiger partial charge is 0.410 e. The molecule has 0 aromatic heterocycles. The fraction of sp³-hybridized carbons (Fsp3) is 0.394. The molecule has 2 unspecified atom stereocenters. The van der Waals surface area contributed by atoms with Gasteiger partial charge < -0.3 is 14.8 Å². The molecule has 2 amide bonds. The molecule has 206 valence electrons. The Kier molecular flexibility index (Phi) is 9.28. The Hall–Kier alpha value is -3.80. The largest absolute Gasteiger partial charge is 0.489 e. The van der Waals surface area contributed by atoms with Crippen LogP contribution in [0.25, 0.3) is 0 Å². The molecule has 39 heavy (non-hydrogen) atoms. The van der Waals surface area contributed by atoms with Crippen molar-refractivity contribution in [2.45, 2.75) is 70.7 Å². The van der Waals surface area contributed by atoms with Crippen LogP contribution in [-0.2, 0) is 22.6 Å². The number of carbonyl (C=O) groups excluding carboxylic acids is 2. The average molecular weight is 529 g/mol. The molecule has 6 heteroatoms. The molecule has 0 radical (unpaired) electrons. The van der Waals surface area contributed by atoms with Crippen LogP contribution in [0.2, 0.25) is 0 Å². The maximum absolute atomic E-state index is 13.8. The van der Waals surface area contributed by atoms with E-state index in [-0.39, 0.29) is 11.9 Å². The van der Waals surface area contributed by atoms with E-state index in [0.717, 1.165) is 35.3 Å². The van der Waals surface area contributed by atoms with Gasteiger partial charge in [0.15, 0.2) is 0 Å². The average Bonchev–Trinajstić information content (AvgIpc) is 2.89. The normalized spacial score (nSPS) is 15.0. The second-order valence-electron chi connectivity index (χ2n) is 11.3. The fourth-order valence-corrected chi connectivity index (χ4v) is 4.71. The minimum Gasteiger partial charge on any atom is -0.489 e. The Balaban J connectivity index is 1.50. The van der Waals surface area contributed by atoms with Crippen molar-refractivity contribution in [2.75, 3.05) is 7.05 Å². The van der Waals surface area contributed by atoms with Gasteiger partial charge in [-0.15, -0.1) is 0 Å². The molecular formula is C33H40N2O4. The van der Waals surface area contributed by atoms with Gasteiger partial charge in [0, 0.05) is 13.5 Å². The van der Waals surface area contributed by atoms with E-state index < -0.39 is 17.7 Å². The summed E-state index contributed by atoms with van der Waals surface area (Å²) in [6, 6.07) is 27.0. The molecule has 0 bridgehead atoms. The molecule has 1 saturated carbocycles. The zero-order valence-corrected chi connectivity index (χ0v) is 23.4. The first-order valence-electron chi connectivity index (χ1n) is 13.8. The molecule has 0 saturated heterocycles. The predicted octanol–water partition coefficient (Wildman–Crippen LogP) is 6.70. The van der Waals surface area contributed by atoms with Gasteiger partial charge in [-0.25, -0.2) is 4.79 Å². The van der Waals surface area contributed by atoms with Crippen LogP contribution in [0.5, 0.6) is 5.75 Å². The minimum atomic E-state index is -0.734. The highest BCUT2D eigenvalue weighted by atomic mass is 16.6. The maximum atomic E-state index is 13.8. The molecule has 2 atom stereocenters. The summed E-state index contributed by atoms with van der Waals surface area (Å²) in [4.78, 5) is 28.3. The minimum absolute atomic E-state index is 0.0873. The third-order valence-electron chi connectivity index (χ3n) is 7.13. The van der Waals surface area contributed by atoms with Crippen LogP contribution in [0, 0.1) is 5.92 Å². The maximum Gasteiger partial charge on any atom is 0.410 e. The Morgan fingerprint density at radius 2 is 1.51 bits per heavy atom. The summed E-state index contributed by atoms with van der Waals surface area (Å²) in [5.74, 6) is 0.955. The lowest BCUT2D eigenvalue weighted by atomic mass is 9.77. The standard InChI is InChI=1S/C33H40N2O4/c1-33(2,3)39-32(37)35(4)29(31(36)34-30(27-16-11-17-27)26-14-9-6-10-15-26)22-24-18-20-28(21-19-24)38-23-25-12-7-5-8-13-25/h5-10,12-15,18-21,27,29-30H,11,16-17,22-23H2,1-4H3,(H,34,36). The van der Waals surface area contributed by atoms with Crippen molar-refractivity contribution >= 4 is 12.0 Å². The van der Waals surface area contributed by atoms with E-state index in [0.29, 0.717) is 18.9 Å². The van der Waals surface area contributed by atoms with Crippen molar-refractivity contribution in [2.24, 2.45) is 5.92 Å². The molecule has 0 heterocycles. The second-order valence-corrected chi connectivity index (χ2v) is 11.3. The van der Waals surface area contributed by atoms with Crippen molar-refractivity contribution in [3.05, 3.63) is 102 Å². The Morgan fingerprint density at radius 1 is 0.897 bits per heavy atom. The van der Waals surface area contributed by atoms with Gasteiger partial charge in [0.05, 0.1) is 6.04 Å². The SMILES string of the molecule is CN(C(=O)OC(C)(C)C)C(Cc1ccc(OCc2ccccc2)cc1)C(=O)NC(c1ccccc1)C1CCC1. The third-order valence-corrected chi connectivity index (χ3v) is 7.13. The Labute approximate surface area is 232 Å². The number of likely N-dealkylation sites (N-methyl/N-ethyl adjacent to an activating group) is 1. The number of hydrogen-bond donors (Lipinski definition) is 1. The summed E-state index contributed by atoms with van der Waals surface area (Å²) >= 11 is 0. The van der Waals surface area contributed by atoms with Gasteiger partial charge in [-0.2, -0.15) is 0 Å². The van der Waals surface area contributed by atoms with E-state index in [9.17, 15) is 9.59 Å². The molecule has 6 nitrogen and oxygen atoms in total. The van der Waals surface area contributed by atoms with Gasteiger partial charge in [-0.1, -0.05) is 79.2 Å². The third kappa shape index (κ3) is 8.09. The Morgan fingerprint density at radius 3 is 2.08 bits per heavy atom. The second kappa shape index (κ2) is 12.8. The van der Waals surface area contributed by atoms with E-state index in [1.807, 2.05) is 93.6 Å². The highest BCUT2D eigenvalue weighted by Crippen LogP contribution is 2.37. The molecule has 4 rings (SSSR count). The van der Waals surface area contributed by atoms with Crippen LogP contribution in [0.3, 0.4) is 0 Å². The predicted molar refractivity (Wildman–Crippen MR) is 153 cm³/mol. The number of amides is 2. The van der Waals surface area contributed by atoms with Gasteiger partial charge >= 0.3 is 6.09 Å². The lowest BCUT2D eigenvalue weighted by molar-refractivity contribution is -0.127. The fourth-order valence-electron chi connectivity index (χ4n) is 4.71. The molecule has 1 N–H and O–H groups in total. The van der Waals surface area contributed by atoms with Gasteiger partial charge in [0.25, 0.3) is 0 Å². The quantitative estimate of drug-likeness (QED) is 0.318. The molecule has 3 aromatic carbocycles. The van der Waals surface area contributed by atoms with Crippen LogP contribution in [0.4, 0.5) is 4.79 Å². The van der Waals surface area contributed by atoms with Gasteiger partial charge in [-0.05, 0) is 68.4 Å². The molecule has 3 aromatic rings. The van der Waals surface area contributed by atoms with Gasteiger partial charge in [-0.3, -0.25) is 9.69 Å². The molecule has 1 fully saturated rings. The van der Waals surface area contributed by atoms with Crippen LogP contribution < -0.4 is 10.1 Å². The summed E-state index contributed by atoms with van der Waals surface area (Å²) in [5.41, 5.74) is 2.45. The van der Waals surface area contributed by atoms with E-state index in [1.54, 1.807) is 7.05 Å². The number of benzene rings is 3. The van der Waals surface area contributed by atoms with E-state index in [4.69, 9.17) is 9.47 Å². The number of nitrogens with one attached hydrogen (secondary N) is 1. The van der Waals surface area contributed by atoms with Crippen molar-refractivity contribution in [1.82, 2.24) is 10.2 Å². The van der Waals surface area contributed by atoms with Crippen molar-refractivity contribution < 1.29 is 19.1 Å². The topological polar surface area (TPSA) is 67.9 Å². The number of carbonyl (C=O) groups is 2. The summed E-state index contributed by atoms with van der Waals surface area (Å²) in [6.45, 7) is 5.95. The molecular weight excluding hydrogens is 488 g/mol. The van der Waals surface area contributed by atoms with E-state index in [1.165, 1.54) is 11.3 Å². The Bertz CT molecular complexity index is 1200. The summed E-state index contributed by atoms with van der Waals surface area (Å²) < 4.78 is 11.5. The lowest BCUT2D eigenvalue weighted by Crippen LogP contribution is -2.51. The van der Waals surface area contributed by atoms with Crippen molar-refractivity contribution in [3.63, 3.8) is 0 Å². The molecule has 1 aliphatic rings. The summed E-state index contributed by atoms with van der Waals surface area (Å²) in [5, 5.41) is 3.29. The zero-order chi connectivity index (χ0) is 27.8. The first kappa shape index (κ1) is 28.2. The van der Waals surface area contributed by atoms with Crippen LogP contribution in [0.15, 0.2) is 84.9 Å². The number of hydrogen-bond acceptors (Lipinski definition) is 4. The lowest BCUT2D eigenvalue weighted by Gasteiger charge is -2.37. The zero-order valence-electron chi connectivity index (χ0n) is 23.4. The van der Waals surface area contributed by atoms with E-state index >= 15 is 0 Å². The van der Waals surface area contributed by atoms with Crippen LogP contribution in [0.1, 0.15) is 62.8 Å². The van der Waals surface area contributed by atoms with Crippen molar-refractivity contribution in [3.8, 4) is 5.75 Å². The molecule has 1 aliphatic carbocycles. The van der Waals surface area contributed by atoms with Crippen molar-refractivity contribution in [1.29, 1.82) is 0 Å². The monoisotopic (exact) mass is 528 g/mol. The number of nitrogens with zero attached hydrogens (tertiary/aromatic N) is 1. The number of ether oxygens (including phenoxy) is 2. The molecule has 0 spiro atoms. The van der Waals surface area contributed by atoms with Crippen LogP contribution in [-0.4, -0.2) is 35.6 Å².